The van der Waals surface area contributed by atoms with Crippen LogP contribution in [0.15, 0.2) is 0 Å². The summed E-state index contributed by atoms with van der Waals surface area (Å²) in [4.78, 5) is 18.6. The Morgan fingerprint density at radius 1 is 1.46 bits per heavy atom. The summed E-state index contributed by atoms with van der Waals surface area (Å²) in [6.07, 6.45) is -5.08. The molecule has 13 heavy (non-hydrogen) atoms. The smallest absolute Gasteiger partial charge is 0.475 e. The molecule has 0 saturated carbocycles. The second-order valence-corrected chi connectivity index (χ2v) is 1.70. The van der Waals surface area contributed by atoms with Gasteiger partial charge in [-0.3, -0.25) is 4.79 Å². The standard InChI is InChI=1S/C3H7NO2.C2HF3O2/c1-6-2-3(4)5;3-2(4,5)1(6)7/h2H2,1H3,(H2,4,5);(H,6,7). The van der Waals surface area contributed by atoms with Crippen LogP contribution in [0.1, 0.15) is 0 Å². The lowest BCUT2D eigenvalue weighted by Gasteiger charge is -1.93. The molecule has 0 aromatic carbocycles. The number of methoxy groups -OCH3 is 1. The largest absolute Gasteiger partial charge is 0.490 e. The van der Waals surface area contributed by atoms with Gasteiger partial charge < -0.3 is 15.6 Å². The molecule has 8 heteroatoms. The van der Waals surface area contributed by atoms with Crippen molar-refractivity contribution in [2.75, 3.05) is 13.7 Å². The van der Waals surface area contributed by atoms with Crippen LogP contribution in [0.25, 0.3) is 0 Å². The van der Waals surface area contributed by atoms with Gasteiger partial charge in [-0.05, 0) is 0 Å². The predicted octanol–water partition coefficient (Wildman–Crippen LogP) is -0.249. The molecule has 78 valence electrons. The molecule has 0 bridgehead atoms. The predicted molar refractivity (Wildman–Crippen MR) is 34.8 cm³/mol. The van der Waals surface area contributed by atoms with Crippen LogP contribution in [0.4, 0.5) is 13.2 Å². The molecule has 3 N–H and O–H groups in total. The van der Waals surface area contributed by atoms with Gasteiger partial charge in [0.1, 0.15) is 6.61 Å². The maximum atomic E-state index is 10.6. The third-order valence-electron chi connectivity index (χ3n) is 0.529. The van der Waals surface area contributed by atoms with Gasteiger partial charge in [-0.2, -0.15) is 13.2 Å². The maximum absolute atomic E-state index is 10.6. The summed E-state index contributed by atoms with van der Waals surface area (Å²) < 4.78 is 36.1. The number of amides is 1. The highest BCUT2D eigenvalue weighted by atomic mass is 19.4. The van der Waals surface area contributed by atoms with E-state index >= 15 is 0 Å². The number of carboxylic acids is 1. The molecule has 0 aliphatic rings. The van der Waals surface area contributed by atoms with Crippen LogP contribution in [-0.2, 0) is 14.3 Å². The summed E-state index contributed by atoms with van der Waals surface area (Å²) >= 11 is 0. The molecule has 0 aromatic heterocycles. The van der Waals surface area contributed by atoms with E-state index in [0.29, 0.717) is 0 Å². The molecule has 0 aliphatic heterocycles. The minimum absolute atomic E-state index is 0.0139. The Bertz CT molecular complexity index is 179. The molecule has 0 fully saturated rings. The summed E-state index contributed by atoms with van der Waals surface area (Å²) in [6, 6.07) is 0. The van der Waals surface area contributed by atoms with Gasteiger partial charge in [0.15, 0.2) is 0 Å². The Hall–Kier alpha value is -1.31. The van der Waals surface area contributed by atoms with Crippen molar-refractivity contribution >= 4 is 11.9 Å². The number of nitrogens with two attached hydrogens (primary N) is 1. The Kier molecular flexibility index (Phi) is 6.82. The fourth-order valence-electron chi connectivity index (χ4n) is 0.142. The summed E-state index contributed by atoms with van der Waals surface area (Å²) in [5.74, 6) is -3.19. The lowest BCUT2D eigenvalue weighted by molar-refractivity contribution is -0.192. The zero-order chi connectivity index (χ0) is 11.1. The van der Waals surface area contributed by atoms with Crippen molar-refractivity contribution in [3.05, 3.63) is 0 Å². The van der Waals surface area contributed by atoms with Crippen LogP contribution in [0.5, 0.6) is 0 Å². The number of hydrogen-bond acceptors (Lipinski definition) is 3. The summed E-state index contributed by atoms with van der Waals surface area (Å²) in [5.41, 5.74) is 4.64. The highest BCUT2D eigenvalue weighted by molar-refractivity contribution is 5.74. The normalized spacial score (nSPS) is 9.85. The number of carbonyl (C=O) groups excluding carboxylic acids is 1. The van der Waals surface area contributed by atoms with Crippen LogP contribution >= 0.6 is 0 Å². The van der Waals surface area contributed by atoms with E-state index in [0.717, 1.165) is 0 Å². The zero-order valence-electron chi connectivity index (χ0n) is 6.59. The number of aliphatic carboxylic acids is 1. The fraction of sp³-hybridized carbons (Fsp3) is 0.600. The lowest BCUT2D eigenvalue weighted by Crippen LogP contribution is -2.21. The minimum Gasteiger partial charge on any atom is -0.475 e. The Labute approximate surface area is 71.3 Å². The average molecular weight is 203 g/mol. The van der Waals surface area contributed by atoms with Crippen molar-refractivity contribution in [3.8, 4) is 0 Å². The molecule has 0 rings (SSSR count). The molecule has 0 radical (unpaired) electrons. The molecule has 0 spiro atoms. The van der Waals surface area contributed by atoms with Crippen molar-refractivity contribution in [2.24, 2.45) is 5.73 Å². The molecule has 0 atom stereocenters. The Morgan fingerprint density at radius 2 is 1.77 bits per heavy atom. The van der Waals surface area contributed by atoms with Crippen LogP contribution in [-0.4, -0.2) is 36.9 Å². The minimum atomic E-state index is -5.08. The van der Waals surface area contributed by atoms with Gasteiger partial charge in [0, 0.05) is 7.11 Å². The first-order valence-corrected chi connectivity index (χ1v) is 2.79. The average Bonchev–Trinajstić information content (AvgIpc) is 1.85. The molecule has 0 unspecified atom stereocenters. The first-order chi connectivity index (χ1) is 5.71. The molecule has 5 nitrogen and oxygen atoms in total. The van der Waals surface area contributed by atoms with E-state index in [1.807, 2.05) is 0 Å². The molecule has 0 heterocycles. The number of alkyl halides is 3. The number of primary amides is 1. The van der Waals surface area contributed by atoms with Crippen LogP contribution in [0.2, 0.25) is 0 Å². The molecule has 0 saturated heterocycles. The van der Waals surface area contributed by atoms with Crippen LogP contribution < -0.4 is 5.73 Å². The third kappa shape index (κ3) is 13.7. The summed E-state index contributed by atoms with van der Waals surface area (Å²) in [5, 5.41) is 7.12. The van der Waals surface area contributed by atoms with Crippen molar-refractivity contribution in [1.82, 2.24) is 0 Å². The topological polar surface area (TPSA) is 89.6 Å². The summed E-state index contributed by atoms with van der Waals surface area (Å²) in [7, 11) is 1.42. The van der Waals surface area contributed by atoms with E-state index in [2.05, 4.69) is 10.5 Å². The maximum Gasteiger partial charge on any atom is 0.490 e. The quantitative estimate of drug-likeness (QED) is 0.647. The van der Waals surface area contributed by atoms with Crippen LogP contribution in [0, 0.1) is 0 Å². The summed E-state index contributed by atoms with van der Waals surface area (Å²) in [6.45, 7) is 0.0139. The van der Waals surface area contributed by atoms with Crippen molar-refractivity contribution in [3.63, 3.8) is 0 Å². The van der Waals surface area contributed by atoms with E-state index in [-0.39, 0.29) is 6.61 Å². The fourth-order valence-corrected chi connectivity index (χ4v) is 0.142. The molecular weight excluding hydrogens is 195 g/mol. The third-order valence-corrected chi connectivity index (χ3v) is 0.529. The van der Waals surface area contributed by atoms with E-state index < -0.39 is 18.1 Å². The first kappa shape index (κ1) is 14.2. The molecule has 0 aliphatic carbocycles. The zero-order valence-corrected chi connectivity index (χ0v) is 6.59. The van der Waals surface area contributed by atoms with Gasteiger partial charge in [0.25, 0.3) is 0 Å². The van der Waals surface area contributed by atoms with Gasteiger partial charge in [0.2, 0.25) is 5.91 Å². The lowest BCUT2D eigenvalue weighted by atomic mass is 10.7. The van der Waals surface area contributed by atoms with Gasteiger partial charge in [-0.25, -0.2) is 4.79 Å². The molecular formula is C5H8F3NO4. The van der Waals surface area contributed by atoms with Crippen molar-refractivity contribution in [2.45, 2.75) is 6.18 Å². The second-order valence-electron chi connectivity index (χ2n) is 1.70. The Balaban J connectivity index is 0. The molecule has 0 aromatic rings. The number of ether oxygens (including phenoxy) is 1. The highest BCUT2D eigenvalue weighted by Crippen LogP contribution is 2.13. The number of carbonyl (C=O) groups is 2. The van der Waals surface area contributed by atoms with E-state index in [9.17, 15) is 18.0 Å². The van der Waals surface area contributed by atoms with Crippen molar-refractivity contribution in [1.29, 1.82) is 0 Å². The number of rotatable bonds is 2. The highest BCUT2D eigenvalue weighted by Gasteiger charge is 2.38. The van der Waals surface area contributed by atoms with Gasteiger partial charge in [0.05, 0.1) is 0 Å². The van der Waals surface area contributed by atoms with E-state index in [4.69, 9.17) is 9.90 Å². The first-order valence-electron chi connectivity index (χ1n) is 2.79. The number of hydrogen-bond donors (Lipinski definition) is 2. The van der Waals surface area contributed by atoms with Crippen molar-refractivity contribution < 1.29 is 32.6 Å². The van der Waals surface area contributed by atoms with Gasteiger partial charge >= 0.3 is 12.1 Å². The van der Waals surface area contributed by atoms with Gasteiger partial charge in [-0.15, -0.1) is 0 Å². The Morgan fingerprint density at radius 3 is 1.77 bits per heavy atom. The monoisotopic (exact) mass is 203 g/mol. The number of halogens is 3. The number of carboxylic acid groups (broad SMARTS) is 1. The SMILES string of the molecule is COCC(N)=O.O=C(O)C(F)(F)F. The van der Waals surface area contributed by atoms with Crippen LogP contribution in [0.3, 0.4) is 0 Å². The van der Waals surface area contributed by atoms with E-state index in [1.54, 1.807) is 0 Å². The van der Waals surface area contributed by atoms with E-state index in [1.165, 1.54) is 7.11 Å². The van der Waals surface area contributed by atoms with Gasteiger partial charge in [-0.1, -0.05) is 0 Å². The molecule has 1 amide bonds. The second kappa shape index (κ2) is 6.23.